The molecular weight excluding hydrogens is 268 g/mol. The number of nitro groups is 1. The summed E-state index contributed by atoms with van der Waals surface area (Å²) < 4.78 is 0. The number of nitriles is 1. The largest absolute Gasteiger partial charge is 0.378 e. The van der Waals surface area contributed by atoms with Crippen molar-refractivity contribution in [3.8, 4) is 6.07 Å². The van der Waals surface area contributed by atoms with Crippen LogP contribution in [0.3, 0.4) is 0 Å². The lowest BCUT2D eigenvalue weighted by Gasteiger charge is -2.20. The van der Waals surface area contributed by atoms with Crippen molar-refractivity contribution in [2.45, 2.75) is 25.7 Å². The van der Waals surface area contributed by atoms with Crippen LogP contribution in [-0.4, -0.2) is 36.0 Å². The second-order valence-corrected chi connectivity index (χ2v) is 5.28. The molecule has 0 saturated carbocycles. The van der Waals surface area contributed by atoms with Crippen LogP contribution in [0.5, 0.6) is 0 Å². The Labute approximate surface area is 124 Å². The highest BCUT2D eigenvalue weighted by atomic mass is 16.6. The Hall–Kier alpha value is -2.13. The van der Waals surface area contributed by atoms with E-state index in [1.54, 1.807) is 6.07 Å². The minimum Gasteiger partial charge on any atom is -0.378 e. The molecule has 2 rings (SSSR count). The van der Waals surface area contributed by atoms with Crippen LogP contribution in [0.1, 0.15) is 31.2 Å². The molecule has 1 aromatic carbocycles. The van der Waals surface area contributed by atoms with E-state index in [2.05, 4.69) is 10.2 Å². The molecule has 0 amide bonds. The van der Waals surface area contributed by atoms with E-state index >= 15 is 0 Å². The molecule has 6 heteroatoms. The third-order valence-electron chi connectivity index (χ3n) is 3.76. The summed E-state index contributed by atoms with van der Waals surface area (Å²) in [6.07, 6.45) is 5.04. The van der Waals surface area contributed by atoms with Gasteiger partial charge in [-0.3, -0.25) is 10.1 Å². The molecule has 0 aromatic heterocycles. The van der Waals surface area contributed by atoms with E-state index in [0.717, 1.165) is 19.6 Å². The number of nitro benzene ring substituents is 1. The normalized spacial score (nSPS) is 16.0. The topological polar surface area (TPSA) is 82.2 Å². The molecule has 1 heterocycles. The summed E-state index contributed by atoms with van der Waals surface area (Å²) in [6, 6.07) is 6.40. The van der Waals surface area contributed by atoms with Crippen molar-refractivity contribution in [2.24, 2.45) is 0 Å². The van der Waals surface area contributed by atoms with E-state index in [4.69, 9.17) is 5.26 Å². The summed E-state index contributed by atoms with van der Waals surface area (Å²) in [6.45, 7) is 3.72. The quantitative estimate of drug-likeness (QED) is 0.665. The van der Waals surface area contributed by atoms with Crippen LogP contribution in [0, 0.1) is 21.4 Å². The number of benzene rings is 1. The van der Waals surface area contributed by atoms with Crippen LogP contribution in [0.4, 0.5) is 11.4 Å². The second-order valence-electron chi connectivity index (χ2n) is 5.28. The average molecular weight is 288 g/mol. The van der Waals surface area contributed by atoms with Gasteiger partial charge in [-0.05, 0) is 38.1 Å². The van der Waals surface area contributed by atoms with E-state index < -0.39 is 4.92 Å². The number of rotatable bonds is 5. The molecule has 0 bridgehead atoms. The van der Waals surface area contributed by atoms with Gasteiger partial charge in [-0.2, -0.15) is 5.26 Å². The molecule has 0 spiro atoms. The number of anilines is 1. The molecule has 1 aliphatic heterocycles. The Balaban J connectivity index is 1.95. The van der Waals surface area contributed by atoms with Crippen LogP contribution >= 0.6 is 0 Å². The van der Waals surface area contributed by atoms with E-state index in [0.29, 0.717) is 17.8 Å². The Morgan fingerprint density at radius 3 is 2.62 bits per heavy atom. The second kappa shape index (κ2) is 7.60. The molecule has 0 unspecified atom stereocenters. The fraction of sp³-hybridized carbons (Fsp3) is 0.533. The van der Waals surface area contributed by atoms with E-state index in [9.17, 15) is 10.1 Å². The summed E-state index contributed by atoms with van der Waals surface area (Å²) in [4.78, 5) is 13.0. The molecule has 0 aliphatic carbocycles. The molecule has 21 heavy (non-hydrogen) atoms. The van der Waals surface area contributed by atoms with Gasteiger partial charge >= 0.3 is 0 Å². The van der Waals surface area contributed by atoms with Gasteiger partial charge in [0.1, 0.15) is 5.69 Å². The molecule has 6 nitrogen and oxygen atoms in total. The molecule has 112 valence electrons. The fourth-order valence-corrected chi connectivity index (χ4v) is 2.61. The molecule has 0 atom stereocenters. The summed E-state index contributed by atoms with van der Waals surface area (Å²) in [5.74, 6) is 0. The Morgan fingerprint density at radius 1 is 1.29 bits per heavy atom. The van der Waals surface area contributed by atoms with Crippen molar-refractivity contribution in [1.29, 1.82) is 5.26 Å². The Morgan fingerprint density at radius 2 is 2.00 bits per heavy atom. The predicted molar refractivity (Wildman–Crippen MR) is 81.2 cm³/mol. The van der Waals surface area contributed by atoms with Gasteiger partial charge in [-0.15, -0.1) is 0 Å². The van der Waals surface area contributed by atoms with Gasteiger partial charge < -0.3 is 10.2 Å². The van der Waals surface area contributed by atoms with Crippen LogP contribution in [0.25, 0.3) is 0 Å². The lowest BCUT2D eigenvalue weighted by Crippen LogP contribution is -2.30. The van der Waals surface area contributed by atoms with Gasteiger partial charge in [0.05, 0.1) is 16.6 Å². The maximum Gasteiger partial charge on any atom is 0.292 e. The Bertz CT molecular complexity index is 531. The van der Waals surface area contributed by atoms with Gasteiger partial charge in [0.25, 0.3) is 5.69 Å². The lowest BCUT2D eigenvalue weighted by atomic mass is 10.2. The number of likely N-dealkylation sites (tertiary alicyclic amines) is 1. The molecule has 1 fully saturated rings. The van der Waals surface area contributed by atoms with Crippen LogP contribution in [0.15, 0.2) is 18.2 Å². The first-order valence-corrected chi connectivity index (χ1v) is 7.35. The third kappa shape index (κ3) is 4.43. The third-order valence-corrected chi connectivity index (χ3v) is 3.76. The van der Waals surface area contributed by atoms with Crippen LogP contribution in [-0.2, 0) is 0 Å². The standard InChI is InChI=1S/C15H20N4O2/c16-12-13-5-6-15(19(20)21)14(11-13)17-7-10-18-8-3-1-2-4-9-18/h5-6,11,17H,1-4,7-10H2. The number of nitrogens with one attached hydrogen (secondary N) is 1. The molecule has 1 aliphatic rings. The lowest BCUT2D eigenvalue weighted by molar-refractivity contribution is -0.384. The number of hydrogen-bond donors (Lipinski definition) is 1. The van der Waals surface area contributed by atoms with Gasteiger partial charge in [0, 0.05) is 19.2 Å². The highest BCUT2D eigenvalue weighted by molar-refractivity contribution is 5.64. The minimum atomic E-state index is -0.421. The summed E-state index contributed by atoms with van der Waals surface area (Å²) in [5.41, 5.74) is 0.872. The van der Waals surface area contributed by atoms with E-state index in [-0.39, 0.29) is 5.69 Å². The highest BCUT2D eigenvalue weighted by Gasteiger charge is 2.14. The maximum atomic E-state index is 11.0. The summed E-state index contributed by atoms with van der Waals surface area (Å²) >= 11 is 0. The summed E-state index contributed by atoms with van der Waals surface area (Å²) in [5, 5.41) is 23.0. The smallest absolute Gasteiger partial charge is 0.292 e. The predicted octanol–water partition coefficient (Wildman–Crippen LogP) is 2.75. The number of nitrogens with zero attached hydrogens (tertiary/aromatic N) is 3. The molecule has 1 aromatic rings. The van der Waals surface area contributed by atoms with Gasteiger partial charge in [0.15, 0.2) is 0 Å². The zero-order valence-electron chi connectivity index (χ0n) is 12.0. The molecule has 1 N–H and O–H groups in total. The summed E-state index contributed by atoms with van der Waals surface area (Å²) in [7, 11) is 0. The zero-order valence-corrected chi connectivity index (χ0v) is 12.0. The zero-order chi connectivity index (χ0) is 15.1. The molecular formula is C15H20N4O2. The molecule has 0 radical (unpaired) electrons. The first-order valence-electron chi connectivity index (χ1n) is 7.35. The highest BCUT2D eigenvalue weighted by Crippen LogP contribution is 2.25. The van der Waals surface area contributed by atoms with Crippen molar-refractivity contribution in [2.75, 3.05) is 31.5 Å². The van der Waals surface area contributed by atoms with Gasteiger partial charge in [-0.25, -0.2) is 0 Å². The average Bonchev–Trinajstić information content (AvgIpc) is 2.75. The van der Waals surface area contributed by atoms with Gasteiger partial charge in [-0.1, -0.05) is 12.8 Å². The van der Waals surface area contributed by atoms with Crippen LogP contribution in [0.2, 0.25) is 0 Å². The molecule has 1 saturated heterocycles. The van der Waals surface area contributed by atoms with Crippen molar-refractivity contribution >= 4 is 11.4 Å². The minimum absolute atomic E-state index is 0.0184. The first-order chi connectivity index (χ1) is 10.2. The first kappa shape index (κ1) is 15.3. The van der Waals surface area contributed by atoms with Crippen molar-refractivity contribution in [1.82, 2.24) is 4.90 Å². The maximum absolute atomic E-state index is 11.0. The monoisotopic (exact) mass is 288 g/mol. The Kier molecular flexibility index (Phi) is 5.52. The number of hydrogen-bond acceptors (Lipinski definition) is 5. The van der Waals surface area contributed by atoms with Gasteiger partial charge in [0.2, 0.25) is 0 Å². The van der Waals surface area contributed by atoms with E-state index in [1.807, 2.05) is 6.07 Å². The van der Waals surface area contributed by atoms with E-state index in [1.165, 1.54) is 37.8 Å². The van der Waals surface area contributed by atoms with Crippen molar-refractivity contribution in [3.63, 3.8) is 0 Å². The fourth-order valence-electron chi connectivity index (χ4n) is 2.61. The van der Waals surface area contributed by atoms with Crippen LogP contribution < -0.4 is 5.32 Å². The SMILES string of the molecule is N#Cc1ccc([N+](=O)[O-])c(NCCN2CCCCCC2)c1. The van der Waals surface area contributed by atoms with Crippen molar-refractivity contribution < 1.29 is 4.92 Å². The van der Waals surface area contributed by atoms with Crippen molar-refractivity contribution in [3.05, 3.63) is 33.9 Å².